The van der Waals surface area contributed by atoms with E-state index in [0.29, 0.717) is 36.4 Å². The van der Waals surface area contributed by atoms with Gasteiger partial charge in [-0.3, -0.25) is 14.4 Å². The number of rotatable bonds is 13. The third kappa shape index (κ3) is 21.2. The number of alkyl halides is 3. The lowest BCUT2D eigenvalue weighted by Gasteiger charge is -2.29. The number of amides is 3. The van der Waals surface area contributed by atoms with Gasteiger partial charge in [0, 0.05) is 46.4 Å². The molecule has 0 atom stereocenters. The largest absolute Gasteiger partial charge is 0.490 e. The van der Waals surface area contributed by atoms with Crippen LogP contribution in [-0.2, 0) is 14.4 Å². The monoisotopic (exact) mass is 1000 g/mol. The van der Waals surface area contributed by atoms with Gasteiger partial charge in [0.25, 0.3) is 17.7 Å². The Morgan fingerprint density at radius 1 is 0.691 bits per heavy atom. The van der Waals surface area contributed by atoms with Crippen LogP contribution in [0.2, 0.25) is 10.0 Å². The van der Waals surface area contributed by atoms with E-state index in [4.69, 9.17) is 53.4 Å². The van der Waals surface area contributed by atoms with Crippen LogP contribution in [0.1, 0.15) is 88.0 Å². The molecule has 0 radical (unpaired) electrons. The lowest BCUT2D eigenvalue weighted by molar-refractivity contribution is -0.192. The number of carbonyl (C=O) groups is 5. The Bertz CT molecular complexity index is 2310. The van der Waals surface area contributed by atoms with Gasteiger partial charge in [-0.25, -0.2) is 28.3 Å². The number of aromatic nitrogens is 2. The lowest BCUT2D eigenvalue weighted by atomic mass is 9.86. The van der Waals surface area contributed by atoms with Gasteiger partial charge in [-0.1, -0.05) is 35.3 Å². The van der Waals surface area contributed by atoms with Gasteiger partial charge in [0.05, 0.1) is 10.0 Å². The number of hydrogen-bond acceptors (Lipinski definition) is 10. The summed E-state index contributed by atoms with van der Waals surface area (Å²) in [5, 5.41) is 24.4. The van der Waals surface area contributed by atoms with E-state index < -0.39 is 29.7 Å². The molecule has 0 saturated heterocycles. The van der Waals surface area contributed by atoms with Crippen molar-refractivity contribution in [2.24, 2.45) is 17.6 Å². The van der Waals surface area contributed by atoms with Gasteiger partial charge in [0.15, 0.2) is 13.2 Å². The van der Waals surface area contributed by atoms with E-state index in [0.717, 1.165) is 68.8 Å². The quantitative estimate of drug-likeness (QED) is 0.0692. The number of ether oxygens (including phenoxy) is 2. The maximum absolute atomic E-state index is 13.4. The van der Waals surface area contributed by atoms with E-state index in [-0.39, 0.29) is 68.8 Å². The summed E-state index contributed by atoms with van der Waals surface area (Å²) in [7, 11) is 0. The molecule has 6 rings (SSSR count). The molecule has 22 heteroatoms. The maximum atomic E-state index is 13.4. The molecule has 2 aromatic heterocycles. The zero-order valence-corrected chi connectivity index (χ0v) is 38.6. The predicted octanol–water partition coefficient (Wildman–Crippen LogP) is 8.62. The second kappa shape index (κ2) is 28.3. The highest BCUT2D eigenvalue weighted by Gasteiger charge is 2.38. The third-order valence-electron chi connectivity index (χ3n) is 10.3. The number of nitrogens with zero attached hydrogens (tertiary/aromatic N) is 2. The molecule has 2 aliphatic carbocycles. The van der Waals surface area contributed by atoms with Gasteiger partial charge in [-0.2, -0.15) is 13.2 Å². The molecule has 68 heavy (non-hydrogen) atoms. The Labute approximate surface area is 403 Å². The fourth-order valence-corrected chi connectivity index (χ4v) is 6.92. The first-order valence-corrected chi connectivity index (χ1v) is 22.0. The number of pyridine rings is 2. The van der Waals surface area contributed by atoms with Crippen molar-refractivity contribution in [2.75, 3.05) is 26.3 Å². The van der Waals surface area contributed by atoms with Crippen LogP contribution in [0.4, 0.5) is 22.0 Å². The summed E-state index contributed by atoms with van der Waals surface area (Å²) in [6, 6.07) is 18.7. The van der Waals surface area contributed by atoms with Gasteiger partial charge in [0.1, 0.15) is 34.5 Å². The second-order valence-corrected chi connectivity index (χ2v) is 16.5. The van der Waals surface area contributed by atoms with Crippen LogP contribution in [0.25, 0.3) is 0 Å². The van der Waals surface area contributed by atoms with Gasteiger partial charge in [-0.05, 0) is 132 Å². The van der Waals surface area contributed by atoms with Crippen molar-refractivity contribution in [1.82, 2.24) is 25.9 Å². The second-order valence-electron chi connectivity index (χ2n) is 15.7. The van der Waals surface area contributed by atoms with Gasteiger partial charge < -0.3 is 41.4 Å². The molecule has 2 aliphatic rings. The Morgan fingerprint density at radius 3 is 1.47 bits per heavy atom. The van der Waals surface area contributed by atoms with E-state index >= 15 is 0 Å². The fraction of sp³-hybridized carbons (Fsp3) is 0.413. The summed E-state index contributed by atoms with van der Waals surface area (Å²) in [5.41, 5.74) is 7.69. The average molecular weight is 1010 g/mol. The van der Waals surface area contributed by atoms with Gasteiger partial charge >= 0.3 is 18.1 Å². The Hall–Kier alpha value is -6.12. The van der Waals surface area contributed by atoms with Gasteiger partial charge in [-0.15, -0.1) is 0 Å². The van der Waals surface area contributed by atoms with Crippen LogP contribution in [-0.4, -0.2) is 94.4 Å². The van der Waals surface area contributed by atoms with Crippen molar-refractivity contribution in [3.63, 3.8) is 0 Å². The minimum absolute atomic E-state index is 0. The predicted molar refractivity (Wildman–Crippen MR) is 248 cm³/mol. The maximum Gasteiger partial charge on any atom is 0.490 e. The Morgan fingerprint density at radius 2 is 1.10 bits per heavy atom. The number of carboxylic acids is 2. The van der Waals surface area contributed by atoms with Crippen molar-refractivity contribution in [3.05, 3.63) is 117 Å². The highest BCUT2D eigenvalue weighted by atomic mass is 35.5. The topological polar surface area (TPSA) is 232 Å². The summed E-state index contributed by atoms with van der Waals surface area (Å²) in [4.78, 5) is 63.3. The Kier molecular flexibility index (Phi) is 23.4. The minimum atomic E-state index is -5.08. The van der Waals surface area contributed by atoms with E-state index in [1.807, 2.05) is 19.1 Å². The zero-order chi connectivity index (χ0) is 50.4. The molecular weight excluding hydrogens is 946 g/mol. The van der Waals surface area contributed by atoms with Gasteiger partial charge in [0.2, 0.25) is 0 Å². The molecule has 2 aromatic carbocycles. The Balaban J connectivity index is 0.00000103. The number of benzene rings is 2. The molecule has 376 valence electrons. The van der Waals surface area contributed by atoms with Crippen molar-refractivity contribution < 1.29 is 69.9 Å². The fourth-order valence-electron chi connectivity index (χ4n) is 6.68. The summed E-state index contributed by atoms with van der Waals surface area (Å²) in [5.74, 6) is -3.98. The molecule has 4 aromatic rings. The summed E-state index contributed by atoms with van der Waals surface area (Å²) >= 11 is 11.2. The third-order valence-corrected chi connectivity index (χ3v) is 10.9. The highest BCUT2D eigenvalue weighted by molar-refractivity contribution is 6.31. The minimum Gasteiger partial charge on any atom is -0.484 e. The van der Waals surface area contributed by atoms with Crippen LogP contribution in [0.3, 0.4) is 0 Å². The first-order valence-electron chi connectivity index (χ1n) is 21.3. The molecule has 3 amide bonds. The number of hydrogen-bond donors (Lipinski definition) is 6. The first kappa shape index (κ1) is 56.2. The van der Waals surface area contributed by atoms with Crippen LogP contribution in [0.5, 0.6) is 11.5 Å². The summed E-state index contributed by atoms with van der Waals surface area (Å²) < 4.78 is 68.9. The van der Waals surface area contributed by atoms with Crippen molar-refractivity contribution >= 4 is 52.9 Å². The normalized spacial score (nSPS) is 17.4. The molecular formula is C46H59Cl2F5N6O9. The molecule has 7 N–H and O–H groups in total. The number of aryl methyl sites for hydroxylation is 2. The number of carbonyl (C=O) groups excluding carboxylic acids is 3. The highest BCUT2D eigenvalue weighted by Crippen LogP contribution is 2.26. The number of carboxylic acid groups (broad SMARTS) is 2. The zero-order valence-electron chi connectivity index (χ0n) is 37.1. The number of nitrogens with two attached hydrogens (primary N) is 1. The average Bonchev–Trinajstić information content (AvgIpc) is 3.30. The van der Waals surface area contributed by atoms with Crippen molar-refractivity contribution in [3.8, 4) is 11.5 Å². The number of aromatic carboxylic acids is 1. The first-order chi connectivity index (χ1) is 32.1. The van der Waals surface area contributed by atoms with Crippen molar-refractivity contribution in [1.29, 1.82) is 0 Å². The SMILES string of the molecule is Cc1cccc(C(=O)NCC2CCC(NC(=O)COc3ccc(Cl)c(F)c3)CC2)n1.Cc1cccc(C(=O)O)n1.NCC1CCC(NC(=O)COc2ccc(Cl)c(F)c2)CC1.O=C(O)C(F)(F)F.[HH].[HH].[HH]. The van der Waals surface area contributed by atoms with Crippen LogP contribution in [0.15, 0.2) is 72.8 Å². The molecule has 2 saturated carbocycles. The molecule has 0 unspecified atom stereocenters. The van der Waals surface area contributed by atoms with E-state index in [1.165, 1.54) is 36.4 Å². The lowest BCUT2D eigenvalue weighted by Crippen LogP contribution is -2.41. The summed E-state index contributed by atoms with van der Waals surface area (Å²) in [6.45, 7) is 4.61. The standard InChI is InChI=1S/C22H25ClFN3O3.C15H20ClFN2O2.C7H7NO2.C2HF3O2.3H2/c1-14-3-2-4-20(26-14)22(29)25-12-15-5-7-16(8-6-15)27-21(28)13-30-17-9-10-18(23)19(24)11-17;16-13-6-5-12(7-14(13)17)21-9-15(20)19-11-3-1-10(8-18)2-4-11;1-5-3-2-4-6(8-5)7(9)10;3-2(4,5)1(6)7;;;/h2-4,9-11,15-16H,5-8,12-13H2,1H3,(H,25,29)(H,27,28);5-7,10-11H,1-4,8-9,18H2,(H,19,20);2-4H,1H3,(H,9,10);(H,6,7);3*1H. The van der Waals surface area contributed by atoms with E-state index in [2.05, 4.69) is 25.9 Å². The molecule has 2 fully saturated rings. The smallest absolute Gasteiger partial charge is 0.484 e. The van der Waals surface area contributed by atoms with Crippen molar-refractivity contribution in [2.45, 2.75) is 83.5 Å². The molecule has 2 heterocycles. The summed E-state index contributed by atoms with van der Waals surface area (Å²) in [6.07, 6.45) is 2.41. The van der Waals surface area contributed by atoms with E-state index in [1.54, 1.807) is 25.1 Å². The number of aliphatic carboxylic acids is 1. The number of nitrogens with one attached hydrogen (secondary N) is 3. The number of halogens is 7. The molecule has 0 aliphatic heterocycles. The molecule has 15 nitrogen and oxygen atoms in total. The van der Waals surface area contributed by atoms with Crippen LogP contribution < -0.4 is 31.2 Å². The molecule has 0 spiro atoms. The van der Waals surface area contributed by atoms with Crippen LogP contribution in [0, 0.1) is 37.3 Å². The van der Waals surface area contributed by atoms with E-state index in [9.17, 15) is 41.1 Å². The molecule has 0 bridgehead atoms. The van der Waals surface area contributed by atoms with Crippen LogP contribution >= 0.6 is 23.2 Å².